The highest BCUT2D eigenvalue weighted by atomic mass is 16.1. The van der Waals surface area contributed by atoms with Crippen LogP contribution < -0.4 is 5.32 Å². The lowest BCUT2D eigenvalue weighted by Gasteiger charge is -2.17. The van der Waals surface area contributed by atoms with Gasteiger partial charge in [0.05, 0.1) is 11.1 Å². The highest BCUT2D eigenvalue weighted by Gasteiger charge is 2.13. The average molecular weight is 376 g/mol. The molecule has 0 fully saturated rings. The molecule has 4 heteroatoms. The van der Waals surface area contributed by atoms with Crippen molar-refractivity contribution >= 4 is 16.8 Å². The summed E-state index contributed by atoms with van der Waals surface area (Å²) in [5, 5.41) is 4.02. The monoisotopic (exact) mass is 375 g/mol. The number of hydrogen-bond donors (Lipinski definition) is 1. The maximum absolute atomic E-state index is 12.8. The topological polar surface area (TPSA) is 45.2 Å². The lowest BCUT2D eigenvalue weighted by Crippen LogP contribution is -2.28. The molecule has 1 amide bonds. The lowest BCUT2D eigenvalue weighted by atomic mass is 10.0. The number of nitrogens with zero attached hydrogens (tertiary/aromatic N) is 2. The van der Waals surface area contributed by atoms with Crippen molar-refractivity contribution in [3.05, 3.63) is 76.5 Å². The van der Waals surface area contributed by atoms with Gasteiger partial charge in [-0.15, -0.1) is 0 Å². The first kappa shape index (κ1) is 20.0. The smallest absolute Gasteiger partial charge is 0.252 e. The number of hydrogen-bond acceptors (Lipinski definition) is 3. The van der Waals surface area contributed by atoms with E-state index < -0.39 is 0 Å². The molecule has 3 rings (SSSR count). The fraction of sp³-hybridized carbons (Fsp3) is 0.333. The van der Waals surface area contributed by atoms with Gasteiger partial charge in [0.2, 0.25) is 0 Å². The first-order chi connectivity index (χ1) is 13.4. The van der Waals surface area contributed by atoms with Gasteiger partial charge in [-0.3, -0.25) is 9.78 Å². The first-order valence-corrected chi connectivity index (χ1v) is 9.83. The lowest BCUT2D eigenvalue weighted by molar-refractivity contribution is 0.0953. The third kappa shape index (κ3) is 4.96. The van der Waals surface area contributed by atoms with Crippen LogP contribution in [0.4, 0.5) is 0 Å². The molecule has 0 aliphatic heterocycles. The molecule has 0 saturated carbocycles. The molecule has 2 aromatic carbocycles. The number of carbonyl (C=O) groups excluding carboxylic acids is 1. The Morgan fingerprint density at radius 1 is 1.07 bits per heavy atom. The zero-order valence-corrected chi connectivity index (χ0v) is 17.2. The van der Waals surface area contributed by atoms with Crippen LogP contribution in [0.15, 0.2) is 48.5 Å². The Balaban J connectivity index is 1.59. The largest absolute Gasteiger partial charge is 0.352 e. The fourth-order valence-corrected chi connectivity index (χ4v) is 3.62. The van der Waals surface area contributed by atoms with E-state index in [1.54, 1.807) is 0 Å². The van der Waals surface area contributed by atoms with Crippen LogP contribution in [0.2, 0.25) is 0 Å². The summed E-state index contributed by atoms with van der Waals surface area (Å²) < 4.78 is 0. The van der Waals surface area contributed by atoms with Gasteiger partial charge in [-0.1, -0.05) is 42.0 Å². The van der Waals surface area contributed by atoms with E-state index in [1.165, 1.54) is 5.56 Å². The van der Waals surface area contributed by atoms with Crippen molar-refractivity contribution in [3.63, 3.8) is 0 Å². The molecule has 0 aliphatic rings. The third-order valence-corrected chi connectivity index (χ3v) is 4.92. The first-order valence-electron chi connectivity index (χ1n) is 9.83. The molecule has 4 nitrogen and oxygen atoms in total. The van der Waals surface area contributed by atoms with Gasteiger partial charge in [0.25, 0.3) is 5.91 Å². The Morgan fingerprint density at radius 2 is 1.82 bits per heavy atom. The maximum Gasteiger partial charge on any atom is 0.252 e. The normalized spacial score (nSPS) is 11.2. The minimum absolute atomic E-state index is 0.0220. The Morgan fingerprint density at radius 3 is 2.57 bits per heavy atom. The van der Waals surface area contributed by atoms with Gasteiger partial charge in [-0.25, -0.2) is 0 Å². The Hall–Kier alpha value is -2.72. The van der Waals surface area contributed by atoms with E-state index in [-0.39, 0.29) is 5.91 Å². The summed E-state index contributed by atoms with van der Waals surface area (Å²) in [4.78, 5) is 19.7. The molecule has 0 unspecified atom stereocenters. The number of benzene rings is 2. The van der Waals surface area contributed by atoms with E-state index in [2.05, 4.69) is 65.6 Å². The predicted molar refractivity (Wildman–Crippen MR) is 116 cm³/mol. The summed E-state index contributed by atoms with van der Waals surface area (Å²) in [6.07, 6.45) is 0.912. The van der Waals surface area contributed by atoms with Crippen LogP contribution in [0.5, 0.6) is 0 Å². The van der Waals surface area contributed by atoms with E-state index >= 15 is 0 Å². The molecule has 3 aromatic rings. The summed E-state index contributed by atoms with van der Waals surface area (Å²) in [7, 11) is 2.11. The molecular formula is C24H29N3O. The maximum atomic E-state index is 12.8. The van der Waals surface area contributed by atoms with E-state index in [0.717, 1.165) is 47.2 Å². The molecule has 0 aliphatic carbocycles. The SMILES string of the molecule is Cc1cc(C)c2nc(C)cc(C(=O)NCCCN(C)Cc3ccccc3)c2c1. The minimum Gasteiger partial charge on any atom is -0.352 e. The Labute approximate surface area is 167 Å². The molecule has 1 N–H and O–H groups in total. The van der Waals surface area contributed by atoms with Gasteiger partial charge >= 0.3 is 0 Å². The second kappa shape index (κ2) is 8.98. The zero-order valence-electron chi connectivity index (χ0n) is 17.2. The van der Waals surface area contributed by atoms with Crippen LogP contribution in [0.1, 0.15) is 39.2 Å². The standard InChI is InChI=1S/C24H29N3O/c1-17-13-18(2)23-21(14-17)22(15-19(3)26-23)24(28)25-11-8-12-27(4)16-20-9-6-5-7-10-20/h5-7,9-10,13-15H,8,11-12,16H2,1-4H3,(H,25,28). The molecule has 1 heterocycles. The number of carbonyl (C=O) groups is 1. The van der Waals surface area contributed by atoms with Crippen molar-refractivity contribution in [3.8, 4) is 0 Å². The van der Waals surface area contributed by atoms with Crippen LogP contribution >= 0.6 is 0 Å². The summed E-state index contributed by atoms with van der Waals surface area (Å²) >= 11 is 0. The third-order valence-electron chi connectivity index (χ3n) is 4.92. The van der Waals surface area contributed by atoms with Crippen molar-refractivity contribution in [2.45, 2.75) is 33.7 Å². The van der Waals surface area contributed by atoms with E-state index in [0.29, 0.717) is 12.1 Å². The predicted octanol–water partition coefficient (Wildman–Crippen LogP) is 4.41. The van der Waals surface area contributed by atoms with Crippen LogP contribution in [0, 0.1) is 20.8 Å². The number of aryl methyl sites for hydroxylation is 3. The van der Waals surface area contributed by atoms with Gasteiger partial charge in [0, 0.05) is 24.2 Å². The number of fused-ring (bicyclic) bond motifs is 1. The molecule has 0 saturated heterocycles. The average Bonchev–Trinajstić information content (AvgIpc) is 2.66. The van der Waals surface area contributed by atoms with Crippen molar-refractivity contribution in [1.29, 1.82) is 0 Å². The zero-order chi connectivity index (χ0) is 20.1. The van der Waals surface area contributed by atoms with Crippen LogP contribution in [-0.2, 0) is 6.54 Å². The highest BCUT2D eigenvalue weighted by molar-refractivity contribution is 6.07. The van der Waals surface area contributed by atoms with Gasteiger partial charge in [0.15, 0.2) is 0 Å². The number of rotatable bonds is 7. The van der Waals surface area contributed by atoms with Crippen molar-refractivity contribution in [2.75, 3.05) is 20.1 Å². The van der Waals surface area contributed by atoms with E-state index in [1.807, 2.05) is 26.0 Å². The highest BCUT2D eigenvalue weighted by Crippen LogP contribution is 2.23. The van der Waals surface area contributed by atoms with Crippen molar-refractivity contribution in [1.82, 2.24) is 15.2 Å². The van der Waals surface area contributed by atoms with E-state index in [9.17, 15) is 4.79 Å². The van der Waals surface area contributed by atoms with Crippen LogP contribution in [0.25, 0.3) is 10.9 Å². The van der Waals surface area contributed by atoms with Gasteiger partial charge < -0.3 is 10.2 Å². The number of aromatic nitrogens is 1. The molecule has 1 aromatic heterocycles. The number of nitrogens with one attached hydrogen (secondary N) is 1. The van der Waals surface area contributed by atoms with Crippen LogP contribution in [-0.4, -0.2) is 35.9 Å². The molecule has 0 spiro atoms. The summed E-state index contributed by atoms with van der Waals surface area (Å²) in [5.74, 6) is -0.0220. The van der Waals surface area contributed by atoms with Crippen molar-refractivity contribution in [2.24, 2.45) is 0 Å². The van der Waals surface area contributed by atoms with Gasteiger partial charge in [-0.05, 0) is 64.0 Å². The molecule has 146 valence electrons. The second-order valence-corrected chi connectivity index (χ2v) is 7.62. The quantitative estimate of drug-likeness (QED) is 0.622. The van der Waals surface area contributed by atoms with Gasteiger partial charge in [0.1, 0.15) is 0 Å². The Kier molecular flexibility index (Phi) is 6.42. The number of pyridine rings is 1. The minimum atomic E-state index is -0.0220. The summed E-state index contributed by atoms with van der Waals surface area (Å²) in [6.45, 7) is 8.55. The molecule has 28 heavy (non-hydrogen) atoms. The molecule has 0 radical (unpaired) electrons. The molecule has 0 bridgehead atoms. The second-order valence-electron chi connectivity index (χ2n) is 7.62. The molecular weight excluding hydrogens is 346 g/mol. The van der Waals surface area contributed by atoms with Gasteiger partial charge in [-0.2, -0.15) is 0 Å². The van der Waals surface area contributed by atoms with Crippen LogP contribution in [0.3, 0.4) is 0 Å². The van der Waals surface area contributed by atoms with Crippen molar-refractivity contribution < 1.29 is 4.79 Å². The van der Waals surface area contributed by atoms with E-state index in [4.69, 9.17) is 0 Å². The summed E-state index contributed by atoms with van der Waals surface area (Å²) in [5.41, 5.74) is 6.05. The summed E-state index contributed by atoms with van der Waals surface area (Å²) in [6, 6.07) is 16.5. The molecule has 0 atom stereocenters. The Bertz CT molecular complexity index is 966. The number of amides is 1. The fourth-order valence-electron chi connectivity index (χ4n) is 3.62.